The minimum atomic E-state index is 0.329. The summed E-state index contributed by atoms with van der Waals surface area (Å²) < 4.78 is 5.84. The van der Waals surface area contributed by atoms with Gasteiger partial charge in [-0.15, -0.1) is 0 Å². The first-order valence-electron chi connectivity index (χ1n) is 8.17. The molecule has 0 bridgehead atoms. The number of hydrogen-bond acceptors (Lipinski definition) is 3. The van der Waals surface area contributed by atoms with Gasteiger partial charge in [-0.2, -0.15) is 0 Å². The first kappa shape index (κ1) is 16.5. The van der Waals surface area contributed by atoms with Gasteiger partial charge in [-0.05, 0) is 39.8 Å². The monoisotopic (exact) mass is 290 g/mol. The molecule has 3 heteroatoms. The number of aryl methyl sites for hydroxylation is 2. The molecule has 0 aromatic heterocycles. The largest absolute Gasteiger partial charge is 0.373 e. The number of rotatable bonds is 5. The van der Waals surface area contributed by atoms with Crippen molar-refractivity contribution in [2.75, 3.05) is 26.2 Å². The van der Waals surface area contributed by atoms with Crippen molar-refractivity contribution in [1.29, 1.82) is 0 Å². The fourth-order valence-electron chi connectivity index (χ4n) is 3.44. The number of morpholine rings is 1. The summed E-state index contributed by atoms with van der Waals surface area (Å²) in [5, 5.41) is 3.65. The van der Waals surface area contributed by atoms with Crippen molar-refractivity contribution in [2.24, 2.45) is 0 Å². The van der Waals surface area contributed by atoms with Crippen molar-refractivity contribution < 1.29 is 4.74 Å². The van der Waals surface area contributed by atoms with Crippen LogP contribution in [-0.4, -0.2) is 43.3 Å². The Balaban J connectivity index is 2.11. The van der Waals surface area contributed by atoms with Gasteiger partial charge in [0.1, 0.15) is 0 Å². The summed E-state index contributed by atoms with van der Waals surface area (Å²) in [5.41, 5.74) is 4.09. The quantitative estimate of drug-likeness (QED) is 0.902. The number of ether oxygens (including phenoxy) is 1. The van der Waals surface area contributed by atoms with Gasteiger partial charge in [-0.3, -0.25) is 4.90 Å². The summed E-state index contributed by atoms with van der Waals surface area (Å²) in [7, 11) is 0. The SMILES string of the molecule is CCNC(CN1C[C@@H](C)O[C@@H](C)C1)c1cc(C)cc(C)c1. The Kier molecular flexibility index (Phi) is 5.80. The second kappa shape index (κ2) is 7.39. The maximum atomic E-state index is 5.84. The second-order valence-electron chi connectivity index (χ2n) is 6.51. The number of benzene rings is 1. The van der Waals surface area contributed by atoms with Gasteiger partial charge in [0.25, 0.3) is 0 Å². The molecule has 1 aliphatic heterocycles. The molecule has 1 aromatic carbocycles. The van der Waals surface area contributed by atoms with E-state index in [1.807, 2.05) is 0 Å². The number of nitrogens with one attached hydrogen (secondary N) is 1. The van der Waals surface area contributed by atoms with Gasteiger partial charge in [0.15, 0.2) is 0 Å². The highest BCUT2D eigenvalue weighted by Crippen LogP contribution is 2.20. The molecule has 1 aromatic rings. The Hall–Kier alpha value is -0.900. The molecule has 0 saturated carbocycles. The summed E-state index contributed by atoms with van der Waals surface area (Å²) in [4.78, 5) is 2.53. The van der Waals surface area contributed by atoms with Crippen LogP contribution in [0.1, 0.15) is 43.5 Å². The van der Waals surface area contributed by atoms with Crippen LogP contribution in [0.4, 0.5) is 0 Å². The maximum Gasteiger partial charge on any atom is 0.0678 e. The van der Waals surface area contributed by atoms with Gasteiger partial charge in [0, 0.05) is 25.7 Å². The molecular formula is C18H30N2O. The van der Waals surface area contributed by atoms with Crippen LogP contribution >= 0.6 is 0 Å². The summed E-state index contributed by atoms with van der Waals surface area (Å²) in [6, 6.07) is 7.26. The lowest BCUT2D eigenvalue weighted by atomic mass is 10.0. The number of nitrogens with zero attached hydrogens (tertiary/aromatic N) is 1. The molecule has 1 fully saturated rings. The van der Waals surface area contributed by atoms with E-state index in [1.54, 1.807) is 0 Å². The molecule has 1 N–H and O–H groups in total. The van der Waals surface area contributed by atoms with Gasteiger partial charge < -0.3 is 10.1 Å². The molecule has 1 aliphatic rings. The van der Waals surface area contributed by atoms with Crippen LogP contribution in [0.2, 0.25) is 0 Å². The maximum absolute atomic E-state index is 5.84. The topological polar surface area (TPSA) is 24.5 Å². The zero-order chi connectivity index (χ0) is 15.4. The smallest absolute Gasteiger partial charge is 0.0678 e. The zero-order valence-electron chi connectivity index (χ0n) is 14.1. The van der Waals surface area contributed by atoms with Crippen molar-refractivity contribution in [3.63, 3.8) is 0 Å². The van der Waals surface area contributed by atoms with E-state index >= 15 is 0 Å². The Labute approximate surface area is 129 Å². The predicted molar refractivity (Wildman–Crippen MR) is 88.8 cm³/mol. The average Bonchev–Trinajstić information content (AvgIpc) is 2.35. The Bertz CT molecular complexity index is 430. The summed E-state index contributed by atoms with van der Waals surface area (Å²) in [6.45, 7) is 15.0. The first-order valence-corrected chi connectivity index (χ1v) is 8.17. The average molecular weight is 290 g/mol. The van der Waals surface area contributed by atoms with Crippen LogP contribution in [-0.2, 0) is 4.74 Å². The Morgan fingerprint density at radius 3 is 2.24 bits per heavy atom. The molecule has 0 spiro atoms. The zero-order valence-corrected chi connectivity index (χ0v) is 14.1. The van der Waals surface area contributed by atoms with E-state index in [9.17, 15) is 0 Å². The van der Waals surface area contributed by atoms with E-state index in [0.717, 1.165) is 26.2 Å². The fourth-order valence-corrected chi connectivity index (χ4v) is 3.44. The van der Waals surface area contributed by atoms with Crippen LogP contribution in [0.25, 0.3) is 0 Å². The molecule has 1 unspecified atom stereocenters. The molecule has 1 heterocycles. The van der Waals surface area contributed by atoms with E-state index in [0.29, 0.717) is 18.2 Å². The van der Waals surface area contributed by atoms with Crippen LogP contribution in [0, 0.1) is 13.8 Å². The highest BCUT2D eigenvalue weighted by atomic mass is 16.5. The Morgan fingerprint density at radius 2 is 1.71 bits per heavy atom. The van der Waals surface area contributed by atoms with Gasteiger partial charge in [0.05, 0.1) is 12.2 Å². The van der Waals surface area contributed by atoms with Crippen molar-refractivity contribution in [3.8, 4) is 0 Å². The number of likely N-dealkylation sites (N-methyl/N-ethyl adjacent to an activating group) is 1. The van der Waals surface area contributed by atoms with Crippen LogP contribution in [0.15, 0.2) is 18.2 Å². The minimum absolute atomic E-state index is 0.329. The van der Waals surface area contributed by atoms with Gasteiger partial charge in [-0.1, -0.05) is 36.2 Å². The van der Waals surface area contributed by atoms with E-state index in [4.69, 9.17) is 4.74 Å². The lowest BCUT2D eigenvalue weighted by Crippen LogP contribution is -2.48. The van der Waals surface area contributed by atoms with Gasteiger partial charge >= 0.3 is 0 Å². The molecule has 21 heavy (non-hydrogen) atoms. The van der Waals surface area contributed by atoms with Crippen LogP contribution in [0.3, 0.4) is 0 Å². The fraction of sp³-hybridized carbons (Fsp3) is 0.667. The molecule has 0 amide bonds. The minimum Gasteiger partial charge on any atom is -0.373 e. The third-order valence-corrected chi connectivity index (χ3v) is 4.03. The molecular weight excluding hydrogens is 260 g/mol. The van der Waals surface area contributed by atoms with Gasteiger partial charge in [-0.25, -0.2) is 0 Å². The highest BCUT2D eigenvalue weighted by Gasteiger charge is 2.24. The van der Waals surface area contributed by atoms with E-state index in [2.05, 4.69) is 63.0 Å². The van der Waals surface area contributed by atoms with E-state index in [-0.39, 0.29) is 0 Å². The van der Waals surface area contributed by atoms with Crippen molar-refractivity contribution in [2.45, 2.75) is 52.9 Å². The van der Waals surface area contributed by atoms with Crippen LogP contribution < -0.4 is 5.32 Å². The van der Waals surface area contributed by atoms with E-state index in [1.165, 1.54) is 16.7 Å². The third kappa shape index (κ3) is 4.80. The third-order valence-electron chi connectivity index (χ3n) is 4.03. The lowest BCUT2D eigenvalue weighted by Gasteiger charge is -2.37. The highest BCUT2D eigenvalue weighted by molar-refractivity contribution is 5.31. The van der Waals surface area contributed by atoms with Crippen LogP contribution in [0.5, 0.6) is 0 Å². The standard InChI is InChI=1S/C18H30N2O/c1-6-19-18(17-8-13(2)7-14(3)9-17)12-20-10-15(4)21-16(5)11-20/h7-9,15-16,18-19H,6,10-12H2,1-5H3/t15-,16+,18?. The van der Waals surface area contributed by atoms with Crippen molar-refractivity contribution in [3.05, 3.63) is 34.9 Å². The lowest BCUT2D eigenvalue weighted by molar-refractivity contribution is -0.0699. The molecule has 0 aliphatic carbocycles. The second-order valence-corrected chi connectivity index (χ2v) is 6.51. The van der Waals surface area contributed by atoms with E-state index < -0.39 is 0 Å². The van der Waals surface area contributed by atoms with Crippen molar-refractivity contribution in [1.82, 2.24) is 10.2 Å². The number of hydrogen-bond donors (Lipinski definition) is 1. The molecule has 3 atom stereocenters. The molecule has 3 nitrogen and oxygen atoms in total. The normalized spacial score (nSPS) is 25.0. The molecule has 118 valence electrons. The Morgan fingerprint density at radius 1 is 1.14 bits per heavy atom. The summed E-state index contributed by atoms with van der Waals surface area (Å²) >= 11 is 0. The summed E-state index contributed by atoms with van der Waals surface area (Å²) in [6.07, 6.45) is 0.658. The predicted octanol–water partition coefficient (Wildman–Crippen LogP) is 3.06. The van der Waals surface area contributed by atoms with Crippen molar-refractivity contribution >= 4 is 0 Å². The first-order chi connectivity index (χ1) is 9.97. The molecule has 0 radical (unpaired) electrons. The summed E-state index contributed by atoms with van der Waals surface area (Å²) in [5.74, 6) is 0. The molecule has 2 rings (SSSR count). The molecule has 1 saturated heterocycles. The van der Waals surface area contributed by atoms with Gasteiger partial charge in [0.2, 0.25) is 0 Å².